The first-order valence-corrected chi connectivity index (χ1v) is 32.1. The number of carbonyl (C=O) groups excluding carboxylic acids is 4. The van der Waals surface area contributed by atoms with Crippen LogP contribution in [-0.4, -0.2) is 113 Å². The molecule has 0 aliphatic carbocycles. The molecule has 0 aliphatic heterocycles. The third-order valence-corrected chi connectivity index (χ3v) is 19.1. The van der Waals surface area contributed by atoms with E-state index in [1.807, 2.05) is 6.92 Å². The summed E-state index contributed by atoms with van der Waals surface area (Å²) in [4.78, 5) is 47.3. The monoisotopic (exact) mass is 1040 g/mol. The van der Waals surface area contributed by atoms with Crippen LogP contribution >= 0.6 is 24.4 Å². The first kappa shape index (κ1) is 70.3. The van der Waals surface area contributed by atoms with Gasteiger partial charge in [-0.25, -0.2) is 14.4 Å². The summed E-state index contributed by atoms with van der Waals surface area (Å²) in [7, 11) is 3.07. The smallest absolute Gasteiger partial charge is 0.334 e. The molecule has 0 rings (SSSR count). The van der Waals surface area contributed by atoms with E-state index in [0.717, 1.165) is 80.7 Å². The van der Waals surface area contributed by atoms with Crippen LogP contribution in [0.25, 0.3) is 0 Å². The van der Waals surface area contributed by atoms with Gasteiger partial charge < -0.3 is 36.7 Å². The van der Waals surface area contributed by atoms with Crippen LogP contribution in [0.5, 0.6) is 0 Å². The van der Waals surface area contributed by atoms with E-state index in [9.17, 15) is 19.2 Å². The lowest BCUT2D eigenvalue weighted by Gasteiger charge is -2.22. The van der Waals surface area contributed by atoms with E-state index in [2.05, 4.69) is 59.3 Å². The topological polar surface area (TPSA) is 142 Å². The quantitative estimate of drug-likeness (QED) is 0.0155. The van der Waals surface area contributed by atoms with Crippen molar-refractivity contribution in [3.05, 3.63) is 36.5 Å². The van der Waals surface area contributed by atoms with Crippen molar-refractivity contribution >= 4 is 65.4 Å². The Hall–Kier alpha value is -1.93. The molecule has 0 fully saturated rings. The highest BCUT2D eigenvalue weighted by molar-refractivity contribution is 7.99. The van der Waals surface area contributed by atoms with Gasteiger partial charge in [0.05, 0.1) is 32.3 Å². The van der Waals surface area contributed by atoms with Crippen LogP contribution in [-0.2, 0) is 55.8 Å². The van der Waals surface area contributed by atoms with Gasteiger partial charge in [0.25, 0.3) is 0 Å². The van der Waals surface area contributed by atoms with E-state index in [4.69, 9.17) is 36.7 Å². The van der Waals surface area contributed by atoms with Crippen LogP contribution in [0.1, 0.15) is 157 Å². The van der Waals surface area contributed by atoms with Gasteiger partial charge in [-0.3, -0.25) is 4.79 Å². The minimum absolute atomic E-state index is 0.0206. The van der Waals surface area contributed by atoms with E-state index in [0.29, 0.717) is 23.3 Å². The molecule has 0 N–H and O–H groups in total. The summed E-state index contributed by atoms with van der Waals surface area (Å²) < 4.78 is 43.0. The summed E-state index contributed by atoms with van der Waals surface area (Å²) in [5, 5.41) is 0. The van der Waals surface area contributed by atoms with Crippen LogP contribution in [0.2, 0.25) is 25.2 Å². The molecule has 0 radical (unpaired) electrons. The molecule has 400 valence electrons. The second-order valence-corrected chi connectivity index (χ2v) is 27.1. The zero-order valence-electron chi connectivity index (χ0n) is 45.2. The van der Waals surface area contributed by atoms with Crippen molar-refractivity contribution in [2.75, 3.05) is 72.1 Å². The van der Waals surface area contributed by atoms with Gasteiger partial charge >= 0.3 is 41.0 Å². The van der Waals surface area contributed by atoms with Crippen molar-refractivity contribution in [3.8, 4) is 0 Å². The Morgan fingerprint density at radius 2 is 0.838 bits per heavy atom. The summed E-state index contributed by atoms with van der Waals surface area (Å²) >= 11 is 5.88. The van der Waals surface area contributed by atoms with Gasteiger partial charge in [0.1, 0.15) is 0 Å². The molecule has 0 bridgehead atoms. The molecule has 0 aromatic rings. The Morgan fingerprint density at radius 1 is 0.515 bits per heavy atom. The highest BCUT2D eigenvalue weighted by Crippen LogP contribution is 2.20. The SMILES string of the molecule is C=C(C)C(=O)OCC(CCCCCCCCC)COC(=O)C(=C)C.C=C(C)C(=O)OCC(CCCCCCCCC)COC(=O)C(C)CSCCC[Si](C)(OC)OC.CO[Si](C)(CCCS)OC. The minimum Gasteiger partial charge on any atom is -0.465 e. The maximum absolute atomic E-state index is 12.5. The third-order valence-electron chi connectivity index (χ3n) is 11.5. The number of unbranched alkanes of at least 4 members (excludes halogenated alkanes) is 12. The number of thiol groups is 1. The normalized spacial score (nSPS) is 12.1. The third kappa shape index (κ3) is 41.8. The van der Waals surface area contributed by atoms with Gasteiger partial charge in [-0.05, 0) is 83.1 Å². The zero-order valence-corrected chi connectivity index (χ0v) is 48.9. The minimum atomic E-state index is -2.01. The highest BCUT2D eigenvalue weighted by Gasteiger charge is 2.28. The van der Waals surface area contributed by atoms with E-state index in [1.54, 1.807) is 61.0 Å². The Kier molecular flexibility index (Phi) is 47.7. The molecule has 0 aromatic carbocycles. The van der Waals surface area contributed by atoms with Gasteiger partial charge in [0.2, 0.25) is 0 Å². The van der Waals surface area contributed by atoms with Crippen molar-refractivity contribution in [2.45, 2.75) is 182 Å². The Balaban J connectivity index is -0.00000107. The maximum atomic E-state index is 12.5. The summed E-state index contributed by atoms with van der Waals surface area (Å²) in [6.45, 7) is 27.2. The van der Waals surface area contributed by atoms with Gasteiger partial charge in [0, 0.05) is 62.7 Å². The second kappa shape index (κ2) is 46.2. The number of thioether (sulfide) groups is 1. The first-order chi connectivity index (χ1) is 32.2. The van der Waals surface area contributed by atoms with Crippen LogP contribution in [0.3, 0.4) is 0 Å². The molecule has 0 heterocycles. The van der Waals surface area contributed by atoms with Crippen LogP contribution in [0, 0.1) is 17.8 Å². The van der Waals surface area contributed by atoms with Crippen LogP contribution < -0.4 is 0 Å². The van der Waals surface area contributed by atoms with Crippen LogP contribution in [0.15, 0.2) is 36.5 Å². The average molecular weight is 1040 g/mol. The van der Waals surface area contributed by atoms with Crippen molar-refractivity contribution in [2.24, 2.45) is 17.8 Å². The maximum Gasteiger partial charge on any atom is 0.334 e. The number of carbonyl (C=O) groups is 4. The number of hydrogen-bond donors (Lipinski definition) is 1. The first-order valence-electron chi connectivity index (χ1n) is 25.3. The van der Waals surface area contributed by atoms with Crippen molar-refractivity contribution < 1.29 is 55.8 Å². The number of hydrogen-bond acceptors (Lipinski definition) is 14. The summed E-state index contributed by atoms with van der Waals surface area (Å²) in [6.07, 6.45) is 20.9. The molecule has 2 unspecified atom stereocenters. The van der Waals surface area contributed by atoms with E-state index in [1.165, 1.54) is 64.2 Å². The molecule has 2 atom stereocenters. The zero-order chi connectivity index (χ0) is 52.2. The molecule has 12 nitrogen and oxygen atoms in total. The van der Waals surface area contributed by atoms with Crippen molar-refractivity contribution in [1.82, 2.24) is 0 Å². The summed E-state index contributed by atoms with van der Waals surface area (Å²) in [6, 6.07) is 1.97. The molecule has 0 spiro atoms. The van der Waals surface area contributed by atoms with E-state index >= 15 is 0 Å². The molecule has 0 aromatic heterocycles. The van der Waals surface area contributed by atoms with Gasteiger partial charge in [-0.2, -0.15) is 24.4 Å². The molecular formula is C52H100O12S2Si2. The summed E-state index contributed by atoms with van der Waals surface area (Å²) in [5.41, 5.74) is 1.14. The fraction of sp³-hybridized carbons (Fsp3) is 0.808. The molecular weight excluding hydrogens is 937 g/mol. The lowest BCUT2D eigenvalue weighted by Crippen LogP contribution is -2.35. The van der Waals surface area contributed by atoms with Crippen LogP contribution in [0.4, 0.5) is 0 Å². The molecule has 0 aliphatic rings. The van der Waals surface area contributed by atoms with E-state index in [-0.39, 0.29) is 49.5 Å². The summed E-state index contributed by atoms with van der Waals surface area (Å²) in [5.74, 6) is 1.11. The Bertz CT molecular complexity index is 1310. The fourth-order valence-corrected chi connectivity index (χ4v) is 10.8. The molecule has 0 amide bonds. The largest absolute Gasteiger partial charge is 0.465 e. The number of rotatable bonds is 41. The fourth-order valence-electron chi connectivity index (χ4n) is 6.30. The van der Waals surface area contributed by atoms with Gasteiger partial charge in [-0.1, -0.05) is 130 Å². The lowest BCUT2D eigenvalue weighted by molar-refractivity contribution is -0.150. The standard InChI is InChI=1S/C26H50O6SSi.C20H34O4.C6H16O2SSi/c1-8-9-10-11-12-13-14-16-24(19-31-25(27)22(2)3)20-32-26(28)23(4)21-33-17-15-18-34(7,29-5)30-6;1-6-7-8-9-10-11-12-13-18(14-23-19(21)16(2)3)15-24-20(22)17(4)5;1-7-10(3,8-2)6-4-5-9/h23-24H,2,8-21H2,1,3-7H3;18H,2,4,6-15H2,1,3,5H3;9H,4-6H2,1-3H3. The predicted octanol–water partition coefficient (Wildman–Crippen LogP) is 13.2. The molecule has 0 saturated heterocycles. The molecule has 68 heavy (non-hydrogen) atoms. The van der Waals surface area contributed by atoms with E-state index < -0.39 is 29.1 Å². The van der Waals surface area contributed by atoms with Crippen molar-refractivity contribution in [3.63, 3.8) is 0 Å². The van der Waals surface area contributed by atoms with Crippen molar-refractivity contribution in [1.29, 1.82) is 0 Å². The average Bonchev–Trinajstić information content (AvgIpc) is 3.33. The number of esters is 4. The Labute approximate surface area is 427 Å². The second-order valence-electron chi connectivity index (χ2n) is 18.3. The molecule has 16 heteroatoms. The Morgan fingerprint density at radius 3 is 1.16 bits per heavy atom. The number of ether oxygens (including phenoxy) is 4. The van der Waals surface area contributed by atoms with Gasteiger partial charge in [0.15, 0.2) is 0 Å². The highest BCUT2D eigenvalue weighted by atomic mass is 32.2. The predicted molar refractivity (Wildman–Crippen MR) is 291 cm³/mol. The van der Waals surface area contributed by atoms with Gasteiger partial charge in [-0.15, -0.1) is 0 Å². The lowest BCUT2D eigenvalue weighted by atomic mass is 10.0. The molecule has 0 saturated carbocycles.